The van der Waals surface area contributed by atoms with Gasteiger partial charge < -0.3 is 19.4 Å². The zero-order chi connectivity index (χ0) is 14.1. The number of carbonyl (C=O) groups excluding carboxylic acids is 1. The number of carbonyl (C=O) groups is 2. The lowest BCUT2D eigenvalue weighted by atomic mass is 10.0. The zero-order valence-electron chi connectivity index (χ0n) is 11.2. The van der Waals surface area contributed by atoms with Crippen LogP contribution in [-0.4, -0.2) is 51.7 Å². The maximum absolute atomic E-state index is 12.4. The fraction of sp³-hybridized carbons (Fsp3) is 0.615. The molecule has 2 amide bonds. The first-order valence-electron chi connectivity index (χ1n) is 6.91. The Morgan fingerprint density at radius 2 is 1.85 bits per heavy atom. The van der Waals surface area contributed by atoms with E-state index in [1.807, 2.05) is 0 Å². The topological polar surface area (TPSA) is 86.9 Å². The molecule has 1 aromatic rings. The Morgan fingerprint density at radius 3 is 2.55 bits per heavy atom. The number of amides is 2. The number of fused-ring (bicyclic) bond motifs is 1. The van der Waals surface area contributed by atoms with Gasteiger partial charge in [-0.05, 0) is 19.3 Å². The van der Waals surface area contributed by atoms with Gasteiger partial charge in [-0.1, -0.05) is 5.16 Å². The molecule has 108 valence electrons. The molecule has 0 bridgehead atoms. The van der Waals surface area contributed by atoms with Crippen molar-refractivity contribution in [1.82, 2.24) is 15.0 Å². The molecular weight excluding hydrogens is 262 g/mol. The Hall–Kier alpha value is -2.05. The van der Waals surface area contributed by atoms with Crippen molar-refractivity contribution in [2.24, 2.45) is 0 Å². The average molecular weight is 279 g/mol. The van der Waals surface area contributed by atoms with E-state index in [0.717, 1.165) is 32.4 Å². The highest BCUT2D eigenvalue weighted by molar-refractivity contribution is 5.94. The number of rotatable bonds is 1. The van der Waals surface area contributed by atoms with Gasteiger partial charge in [0.05, 0.1) is 6.54 Å². The lowest BCUT2D eigenvalue weighted by molar-refractivity contribution is 0.0711. The number of piperidine rings is 1. The largest absolute Gasteiger partial charge is 0.465 e. The van der Waals surface area contributed by atoms with Crippen molar-refractivity contribution < 1.29 is 19.2 Å². The molecule has 0 radical (unpaired) electrons. The standard InChI is InChI=1S/C13H17N3O4/c17-12(15-5-2-1-3-6-15)11-9-8-16(13(18)19)7-4-10(9)20-14-11/h1-8H2,(H,18,19). The molecule has 0 saturated carbocycles. The van der Waals surface area contributed by atoms with Crippen molar-refractivity contribution in [3.05, 3.63) is 17.0 Å². The number of hydrogen-bond acceptors (Lipinski definition) is 4. The van der Waals surface area contributed by atoms with Gasteiger partial charge in [-0.2, -0.15) is 0 Å². The van der Waals surface area contributed by atoms with E-state index >= 15 is 0 Å². The monoisotopic (exact) mass is 279 g/mol. The maximum Gasteiger partial charge on any atom is 0.407 e. The summed E-state index contributed by atoms with van der Waals surface area (Å²) in [5.74, 6) is 0.504. The average Bonchev–Trinajstić information content (AvgIpc) is 2.90. The zero-order valence-corrected chi connectivity index (χ0v) is 11.2. The van der Waals surface area contributed by atoms with Crippen molar-refractivity contribution in [1.29, 1.82) is 0 Å². The van der Waals surface area contributed by atoms with Crippen molar-refractivity contribution in [3.8, 4) is 0 Å². The maximum atomic E-state index is 12.4. The fourth-order valence-electron chi connectivity index (χ4n) is 2.79. The second-order valence-corrected chi connectivity index (χ2v) is 5.24. The molecule has 1 aromatic heterocycles. The van der Waals surface area contributed by atoms with Crippen molar-refractivity contribution in [2.45, 2.75) is 32.2 Å². The highest BCUT2D eigenvalue weighted by atomic mass is 16.5. The lowest BCUT2D eigenvalue weighted by Gasteiger charge is -2.27. The third kappa shape index (κ3) is 2.23. The summed E-state index contributed by atoms with van der Waals surface area (Å²) in [6, 6.07) is 0. The molecule has 3 heterocycles. The van der Waals surface area contributed by atoms with Crippen LogP contribution in [0, 0.1) is 0 Å². The molecule has 1 saturated heterocycles. The molecule has 0 aromatic carbocycles. The second kappa shape index (κ2) is 5.15. The summed E-state index contributed by atoms with van der Waals surface area (Å²) in [6.45, 7) is 2.05. The predicted molar refractivity (Wildman–Crippen MR) is 68.4 cm³/mol. The van der Waals surface area contributed by atoms with Gasteiger partial charge in [0, 0.05) is 31.6 Å². The van der Waals surface area contributed by atoms with Crippen LogP contribution in [0.4, 0.5) is 4.79 Å². The van der Waals surface area contributed by atoms with Crippen LogP contribution in [0.25, 0.3) is 0 Å². The molecular formula is C13H17N3O4. The highest BCUT2D eigenvalue weighted by Crippen LogP contribution is 2.24. The summed E-state index contributed by atoms with van der Waals surface area (Å²) in [5.41, 5.74) is 0.919. The minimum absolute atomic E-state index is 0.137. The Balaban J connectivity index is 1.83. The van der Waals surface area contributed by atoms with Crippen LogP contribution in [0.15, 0.2) is 4.52 Å². The van der Waals surface area contributed by atoms with Crippen molar-refractivity contribution in [2.75, 3.05) is 19.6 Å². The van der Waals surface area contributed by atoms with E-state index in [0.29, 0.717) is 24.3 Å². The molecule has 0 unspecified atom stereocenters. The normalized spacial score (nSPS) is 18.8. The van der Waals surface area contributed by atoms with Crippen molar-refractivity contribution >= 4 is 12.0 Å². The molecule has 1 fully saturated rings. The van der Waals surface area contributed by atoms with Crippen LogP contribution in [0.2, 0.25) is 0 Å². The van der Waals surface area contributed by atoms with Crippen LogP contribution in [0.5, 0.6) is 0 Å². The smallest absolute Gasteiger partial charge is 0.407 e. The van der Waals surface area contributed by atoms with Crippen LogP contribution in [0.1, 0.15) is 41.1 Å². The summed E-state index contributed by atoms with van der Waals surface area (Å²) in [5, 5.41) is 12.9. The lowest BCUT2D eigenvalue weighted by Crippen LogP contribution is -2.38. The van der Waals surface area contributed by atoms with Gasteiger partial charge in [0.1, 0.15) is 5.76 Å². The van der Waals surface area contributed by atoms with Gasteiger partial charge in [-0.15, -0.1) is 0 Å². The van der Waals surface area contributed by atoms with Gasteiger partial charge in [0.25, 0.3) is 5.91 Å². The first kappa shape index (κ1) is 13.0. The van der Waals surface area contributed by atoms with Crippen LogP contribution >= 0.6 is 0 Å². The first-order valence-corrected chi connectivity index (χ1v) is 6.91. The quantitative estimate of drug-likeness (QED) is 0.838. The van der Waals surface area contributed by atoms with E-state index < -0.39 is 6.09 Å². The summed E-state index contributed by atoms with van der Waals surface area (Å²) in [6.07, 6.45) is 2.66. The van der Waals surface area contributed by atoms with E-state index in [1.165, 1.54) is 4.90 Å². The van der Waals surface area contributed by atoms with Gasteiger partial charge >= 0.3 is 6.09 Å². The molecule has 3 rings (SSSR count). The summed E-state index contributed by atoms with van der Waals surface area (Å²) in [7, 11) is 0. The number of carboxylic acid groups (broad SMARTS) is 1. The van der Waals surface area contributed by atoms with Crippen LogP contribution in [0.3, 0.4) is 0 Å². The number of nitrogens with zero attached hydrogens (tertiary/aromatic N) is 3. The van der Waals surface area contributed by atoms with Gasteiger partial charge in [0.15, 0.2) is 5.69 Å². The minimum Gasteiger partial charge on any atom is -0.465 e. The van der Waals surface area contributed by atoms with E-state index in [2.05, 4.69) is 5.16 Å². The van der Waals surface area contributed by atoms with E-state index in [-0.39, 0.29) is 18.1 Å². The molecule has 7 heteroatoms. The Morgan fingerprint density at radius 1 is 1.10 bits per heavy atom. The summed E-state index contributed by atoms with van der Waals surface area (Å²) < 4.78 is 5.21. The molecule has 2 aliphatic heterocycles. The molecule has 0 spiro atoms. The first-order chi connectivity index (χ1) is 9.66. The summed E-state index contributed by atoms with van der Waals surface area (Å²) in [4.78, 5) is 26.6. The second-order valence-electron chi connectivity index (χ2n) is 5.24. The van der Waals surface area contributed by atoms with Crippen LogP contribution < -0.4 is 0 Å². The number of hydrogen-bond donors (Lipinski definition) is 1. The molecule has 0 atom stereocenters. The number of likely N-dealkylation sites (tertiary alicyclic amines) is 1. The van der Waals surface area contributed by atoms with E-state index in [4.69, 9.17) is 9.63 Å². The highest BCUT2D eigenvalue weighted by Gasteiger charge is 2.31. The molecule has 2 aliphatic rings. The van der Waals surface area contributed by atoms with Gasteiger partial charge in [-0.3, -0.25) is 4.79 Å². The third-order valence-corrected chi connectivity index (χ3v) is 3.94. The third-order valence-electron chi connectivity index (χ3n) is 3.94. The predicted octanol–water partition coefficient (Wildman–Crippen LogP) is 1.34. The summed E-state index contributed by atoms with van der Waals surface area (Å²) >= 11 is 0. The molecule has 0 aliphatic carbocycles. The van der Waals surface area contributed by atoms with Crippen molar-refractivity contribution in [3.63, 3.8) is 0 Å². The SMILES string of the molecule is O=C(O)N1CCc2onc(C(=O)N3CCCCC3)c2C1. The molecule has 20 heavy (non-hydrogen) atoms. The Labute approximate surface area is 116 Å². The fourth-order valence-corrected chi connectivity index (χ4v) is 2.79. The Kier molecular flexibility index (Phi) is 3.33. The van der Waals surface area contributed by atoms with E-state index in [1.54, 1.807) is 4.90 Å². The molecule has 1 N–H and O–H groups in total. The van der Waals surface area contributed by atoms with E-state index in [9.17, 15) is 9.59 Å². The van der Waals surface area contributed by atoms with Crippen LogP contribution in [-0.2, 0) is 13.0 Å². The minimum atomic E-state index is -0.978. The van der Waals surface area contributed by atoms with Gasteiger partial charge in [0.2, 0.25) is 0 Å². The Bertz CT molecular complexity index is 534. The van der Waals surface area contributed by atoms with Gasteiger partial charge in [-0.25, -0.2) is 4.79 Å². The number of aromatic nitrogens is 1. The molecule has 7 nitrogen and oxygen atoms in total.